The van der Waals surface area contributed by atoms with Crippen LogP contribution in [-0.2, 0) is 6.42 Å². The normalized spacial score (nSPS) is 14.0. The van der Waals surface area contributed by atoms with E-state index in [4.69, 9.17) is 0 Å². The number of nitrogens with one attached hydrogen (secondary N) is 1. The van der Waals surface area contributed by atoms with Crippen LogP contribution in [0.25, 0.3) is 0 Å². The first-order valence-electron chi connectivity index (χ1n) is 7.21. The highest BCUT2D eigenvalue weighted by atomic mass is 19.4. The Morgan fingerprint density at radius 2 is 1.86 bits per heavy atom. The van der Waals surface area contributed by atoms with Crippen LogP contribution in [0.2, 0.25) is 0 Å². The van der Waals surface area contributed by atoms with Crippen LogP contribution in [0.5, 0.6) is 5.75 Å². The first kappa shape index (κ1) is 17.8. The maximum absolute atomic E-state index is 12.2. The van der Waals surface area contributed by atoms with Gasteiger partial charge in [0.1, 0.15) is 5.75 Å². The third-order valence-corrected chi connectivity index (χ3v) is 2.89. The summed E-state index contributed by atoms with van der Waals surface area (Å²) in [7, 11) is 0. The minimum atomic E-state index is -4.65. The molecule has 0 radical (unpaired) electrons. The van der Waals surface area contributed by atoms with Gasteiger partial charge < -0.3 is 10.1 Å². The van der Waals surface area contributed by atoms with Crippen molar-refractivity contribution < 1.29 is 17.9 Å². The van der Waals surface area contributed by atoms with E-state index in [-0.39, 0.29) is 17.3 Å². The zero-order valence-electron chi connectivity index (χ0n) is 13.1. The Kier molecular flexibility index (Phi) is 6.08. The lowest BCUT2D eigenvalue weighted by Crippen LogP contribution is -2.44. The summed E-state index contributed by atoms with van der Waals surface area (Å²) in [6.45, 7) is 8.34. The highest BCUT2D eigenvalue weighted by molar-refractivity contribution is 5.29. The Bertz CT molecular complexity index is 438. The van der Waals surface area contributed by atoms with E-state index in [0.717, 1.165) is 18.4 Å². The second kappa shape index (κ2) is 7.16. The third kappa shape index (κ3) is 7.95. The fourth-order valence-electron chi connectivity index (χ4n) is 2.34. The Labute approximate surface area is 124 Å². The van der Waals surface area contributed by atoms with Crippen LogP contribution < -0.4 is 10.1 Å². The monoisotopic (exact) mass is 303 g/mol. The molecule has 120 valence electrons. The smallest absolute Gasteiger partial charge is 0.406 e. The molecule has 0 saturated heterocycles. The van der Waals surface area contributed by atoms with Crippen LogP contribution in [0.15, 0.2) is 24.3 Å². The quantitative estimate of drug-likeness (QED) is 0.823. The largest absolute Gasteiger partial charge is 0.573 e. The third-order valence-electron chi connectivity index (χ3n) is 2.89. The molecule has 21 heavy (non-hydrogen) atoms. The van der Waals surface area contributed by atoms with Crippen molar-refractivity contribution in [2.45, 2.75) is 64.9 Å². The Balaban J connectivity index is 2.77. The molecule has 1 aromatic rings. The molecule has 1 atom stereocenters. The molecule has 0 amide bonds. The van der Waals surface area contributed by atoms with E-state index in [0.29, 0.717) is 6.42 Å². The summed E-state index contributed by atoms with van der Waals surface area (Å²) in [5, 5.41) is 3.51. The topological polar surface area (TPSA) is 21.3 Å². The second-order valence-electron chi connectivity index (χ2n) is 6.28. The van der Waals surface area contributed by atoms with Crippen LogP contribution in [-0.4, -0.2) is 17.9 Å². The zero-order valence-corrected chi connectivity index (χ0v) is 13.1. The van der Waals surface area contributed by atoms with Gasteiger partial charge >= 0.3 is 6.36 Å². The predicted octanol–water partition coefficient (Wildman–Crippen LogP) is 4.68. The molecule has 0 spiro atoms. The maximum atomic E-state index is 12.2. The molecule has 1 aromatic carbocycles. The van der Waals surface area contributed by atoms with E-state index in [1.54, 1.807) is 6.07 Å². The van der Waals surface area contributed by atoms with E-state index in [1.165, 1.54) is 12.1 Å². The lowest BCUT2D eigenvalue weighted by molar-refractivity contribution is -0.274. The molecule has 0 fully saturated rings. The van der Waals surface area contributed by atoms with Crippen LogP contribution in [0.4, 0.5) is 13.2 Å². The highest BCUT2D eigenvalue weighted by Crippen LogP contribution is 2.24. The van der Waals surface area contributed by atoms with E-state index in [9.17, 15) is 13.2 Å². The number of benzene rings is 1. The SMILES string of the molecule is CCCC(Cc1cccc(OC(F)(F)F)c1)NC(C)(C)C. The maximum Gasteiger partial charge on any atom is 0.573 e. The summed E-state index contributed by atoms with van der Waals surface area (Å²) in [6, 6.07) is 6.44. The van der Waals surface area contributed by atoms with Gasteiger partial charge in [0.15, 0.2) is 0 Å². The van der Waals surface area contributed by atoms with Crippen molar-refractivity contribution in [3.8, 4) is 5.75 Å². The van der Waals surface area contributed by atoms with Crippen molar-refractivity contribution in [3.63, 3.8) is 0 Å². The van der Waals surface area contributed by atoms with Crippen LogP contribution in [0, 0.1) is 0 Å². The number of hydrogen-bond acceptors (Lipinski definition) is 2. The summed E-state index contributed by atoms with van der Waals surface area (Å²) in [4.78, 5) is 0. The zero-order chi connectivity index (χ0) is 16.1. The van der Waals surface area contributed by atoms with Gasteiger partial charge in [0.05, 0.1) is 0 Å². The summed E-state index contributed by atoms with van der Waals surface area (Å²) >= 11 is 0. The summed E-state index contributed by atoms with van der Waals surface area (Å²) in [6.07, 6.45) is -1.97. The lowest BCUT2D eigenvalue weighted by atomic mass is 9.98. The molecule has 2 nitrogen and oxygen atoms in total. The van der Waals surface area contributed by atoms with Gasteiger partial charge in [-0.05, 0) is 51.3 Å². The molecule has 5 heteroatoms. The molecule has 1 unspecified atom stereocenters. The van der Waals surface area contributed by atoms with Gasteiger partial charge in [0.25, 0.3) is 0 Å². The van der Waals surface area contributed by atoms with Crippen molar-refractivity contribution >= 4 is 0 Å². The molecule has 0 aliphatic carbocycles. The number of ether oxygens (including phenoxy) is 1. The summed E-state index contributed by atoms with van der Waals surface area (Å²) < 4.78 is 40.7. The first-order chi connectivity index (χ1) is 9.59. The molecular formula is C16H24F3NO. The minimum Gasteiger partial charge on any atom is -0.406 e. The number of halogens is 3. The number of rotatable bonds is 6. The number of alkyl halides is 3. The van der Waals surface area contributed by atoms with E-state index < -0.39 is 6.36 Å². The Morgan fingerprint density at radius 1 is 1.19 bits per heavy atom. The molecule has 0 aliphatic heterocycles. The van der Waals surface area contributed by atoms with E-state index >= 15 is 0 Å². The van der Waals surface area contributed by atoms with Crippen molar-refractivity contribution in [2.75, 3.05) is 0 Å². The van der Waals surface area contributed by atoms with Gasteiger partial charge in [-0.2, -0.15) is 0 Å². The highest BCUT2D eigenvalue weighted by Gasteiger charge is 2.31. The van der Waals surface area contributed by atoms with Crippen LogP contribution >= 0.6 is 0 Å². The minimum absolute atomic E-state index is 0.0279. The second-order valence-corrected chi connectivity index (χ2v) is 6.28. The molecule has 0 aliphatic rings. The summed E-state index contributed by atoms with van der Waals surface area (Å²) in [5.74, 6) is -0.161. The standard InChI is InChI=1S/C16H24F3NO/c1-5-7-13(20-15(2,3)4)10-12-8-6-9-14(11-12)21-16(17,18)19/h6,8-9,11,13,20H,5,7,10H2,1-4H3. The average Bonchev–Trinajstić information content (AvgIpc) is 2.24. The van der Waals surface area contributed by atoms with Gasteiger partial charge in [-0.3, -0.25) is 0 Å². The van der Waals surface area contributed by atoms with Gasteiger partial charge in [-0.15, -0.1) is 13.2 Å². The van der Waals surface area contributed by atoms with E-state index in [2.05, 4.69) is 37.7 Å². The van der Waals surface area contributed by atoms with Crippen molar-refractivity contribution in [1.29, 1.82) is 0 Å². The van der Waals surface area contributed by atoms with Crippen LogP contribution in [0.3, 0.4) is 0 Å². The van der Waals surface area contributed by atoms with Gasteiger partial charge in [-0.25, -0.2) is 0 Å². The predicted molar refractivity (Wildman–Crippen MR) is 78.4 cm³/mol. The Hall–Kier alpha value is -1.23. The molecule has 0 heterocycles. The van der Waals surface area contributed by atoms with Crippen molar-refractivity contribution in [2.24, 2.45) is 0 Å². The molecule has 1 N–H and O–H groups in total. The molecule has 1 rings (SSSR count). The fourth-order valence-corrected chi connectivity index (χ4v) is 2.34. The van der Waals surface area contributed by atoms with Crippen LogP contribution in [0.1, 0.15) is 46.1 Å². The molecular weight excluding hydrogens is 279 g/mol. The van der Waals surface area contributed by atoms with E-state index in [1.807, 2.05) is 6.07 Å². The van der Waals surface area contributed by atoms with Gasteiger partial charge in [-0.1, -0.05) is 25.5 Å². The molecule has 0 aromatic heterocycles. The average molecular weight is 303 g/mol. The van der Waals surface area contributed by atoms with Crippen molar-refractivity contribution in [3.05, 3.63) is 29.8 Å². The molecule has 0 bridgehead atoms. The fraction of sp³-hybridized carbons (Fsp3) is 0.625. The Morgan fingerprint density at radius 3 is 2.38 bits per heavy atom. The lowest BCUT2D eigenvalue weighted by Gasteiger charge is -2.28. The first-order valence-corrected chi connectivity index (χ1v) is 7.21. The van der Waals surface area contributed by atoms with Crippen molar-refractivity contribution in [1.82, 2.24) is 5.32 Å². The molecule has 0 saturated carbocycles. The van der Waals surface area contributed by atoms with Gasteiger partial charge in [0, 0.05) is 11.6 Å². The van der Waals surface area contributed by atoms with Gasteiger partial charge in [0.2, 0.25) is 0 Å². The number of hydrogen-bond donors (Lipinski definition) is 1. The summed E-state index contributed by atoms with van der Waals surface area (Å²) in [5.41, 5.74) is 0.812.